The van der Waals surface area contributed by atoms with E-state index in [1.165, 1.54) is 36.6 Å². The van der Waals surface area contributed by atoms with Gasteiger partial charge >= 0.3 is 29.6 Å². The molecule has 0 radical (unpaired) electrons. The quantitative estimate of drug-likeness (QED) is 0.215. The number of carboxylic acid groups (broad SMARTS) is 1. The summed E-state index contributed by atoms with van der Waals surface area (Å²) in [6.07, 6.45) is 0.345. The van der Waals surface area contributed by atoms with Gasteiger partial charge in [0.15, 0.2) is 11.2 Å². The van der Waals surface area contributed by atoms with Crippen LogP contribution in [0.1, 0.15) is 16.3 Å². The van der Waals surface area contributed by atoms with Crippen LogP contribution < -0.4 is 55.0 Å². The van der Waals surface area contributed by atoms with Crippen molar-refractivity contribution in [1.29, 1.82) is 0 Å². The van der Waals surface area contributed by atoms with Gasteiger partial charge in [0.2, 0.25) is 0 Å². The summed E-state index contributed by atoms with van der Waals surface area (Å²) < 4.78 is 21.4. The molecule has 0 aliphatic carbocycles. The van der Waals surface area contributed by atoms with Crippen molar-refractivity contribution in [2.45, 2.75) is 6.10 Å². The Morgan fingerprint density at radius 3 is 2.00 bits per heavy atom. The summed E-state index contributed by atoms with van der Waals surface area (Å²) >= 11 is 0. The summed E-state index contributed by atoms with van der Waals surface area (Å²) in [5.74, 6) is -2.27. The standard InChI is InChI=1S/C23H15O10.Na/c24-9-13-7-14(26)21-16(3-1-5-18(21)32-13)30-10-12(25)11-31-17-4-2-6-19-22(17)15(27)8-20(33-19)23(28)29;/h1-8,12,25H,10-11H2,(H,28,29);/q-1;+1/p-1. The Hall–Kier alpha value is -3.44. The van der Waals surface area contributed by atoms with Gasteiger partial charge in [-0.05, 0) is 24.3 Å². The van der Waals surface area contributed by atoms with E-state index in [1.54, 1.807) is 6.07 Å². The van der Waals surface area contributed by atoms with Crippen molar-refractivity contribution in [2.75, 3.05) is 13.2 Å². The van der Waals surface area contributed by atoms with Gasteiger partial charge in [-0.3, -0.25) is 4.79 Å². The third-order valence-corrected chi connectivity index (χ3v) is 4.60. The Morgan fingerprint density at radius 1 is 0.941 bits per heavy atom. The maximum Gasteiger partial charge on any atom is 1.00 e. The molecule has 0 amide bonds. The Bertz CT molecular complexity index is 1490. The van der Waals surface area contributed by atoms with Crippen LogP contribution in [0.4, 0.5) is 0 Å². The fraction of sp³-hybridized carbons (Fsp3) is 0.130. The zero-order valence-corrected chi connectivity index (χ0v) is 19.7. The molecule has 2 aromatic heterocycles. The van der Waals surface area contributed by atoms with Crippen molar-refractivity contribution in [2.24, 2.45) is 0 Å². The van der Waals surface area contributed by atoms with Crippen molar-refractivity contribution in [3.8, 4) is 11.5 Å². The molecule has 0 spiro atoms. The zero-order chi connectivity index (χ0) is 23.5. The number of ether oxygens (including phenoxy) is 2. The van der Waals surface area contributed by atoms with E-state index < -0.39 is 28.7 Å². The monoisotopic (exact) mass is 473 g/mol. The first-order chi connectivity index (χ1) is 15.9. The zero-order valence-electron chi connectivity index (χ0n) is 17.7. The van der Waals surface area contributed by atoms with Crippen LogP contribution in [-0.2, 0) is 4.79 Å². The van der Waals surface area contributed by atoms with Gasteiger partial charge in [-0.1, -0.05) is 12.1 Å². The van der Waals surface area contributed by atoms with E-state index in [4.69, 9.17) is 18.3 Å². The Morgan fingerprint density at radius 2 is 1.47 bits per heavy atom. The van der Waals surface area contributed by atoms with E-state index in [1.807, 2.05) is 0 Å². The molecule has 1 N–H and O–H groups in total. The van der Waals surface area contributed by atoms with Crippen LogP contribution in [0.2, 0.25) is 0 Å². The van der Waals surface area contributed by atoms with E-state index in [-0.39, 0.29) is 82.0 Å². The van der Waals surface area contributed by atoms with Crippen LogP contribution in [0, 0.1) is 0 Å². The normalized spacial score (nSPS) is 11.6. The van der Waals surface area contributed by atoms with Gasteiger partial charge in [-0.2, -0.15) is 0 Å². The molecule has 0 fully saturated rings. The smallest absolute Gasteiger partial charge is 0.542 e. The molecule has 0 bridgehead atoms. The molecule has 0 aliphatic heterocycles. The van der Waals surface area contributed by atoms with Crippen LogP contribution in [0.5, 0.6) is 11.5 Å². The second-order valence-electron chi connectivity index (χ2n) is 6.87. The molecule has 1 atom stereocenters. The molecule has 1 unspecified atom stereocenters. The number of carbonyl (C=O) groups is 1. The summed E-state index contributed by atoms with van der Waals surface area (Å²) in [6.45, 7) is -0.557. The molecule has 4 aromatic rings. The average Bonchev–Trinajstić information content (AvgIpc) is 2.80. The number of carbonyl (C=O) groups excluding carboxylic acids is 2. The predicted molar refractivity (Wildman–Crippen MR) is 111 cm³/mol. The molecule has 168 valence electrons. The number of aliphatic hydroxyl groups excluding tert-OH is 1. The molecule has 4 rings (SSSR count). The predicted octanol–water partition coefficient (Wildman–Crippen LogP) is -2.46. The number of hydrogen-bond acceptors (Lipinski definition) is 10. The second-order valence-corrected chi connectivity index (χ2v) is 6.87. The molecule has 10 nitrogen and oxygen atoms in total. The fourth-order valence-corrected chi connectivity index (χ4v) is 3.17. The van der Waals surface area contributed by atoms with E-state index in [9.17, 15) is 29.4 Å². The number of hydrogen-bond donors (Lipinski definition) is 1. The number of aromatic carboxylic acids is 1. The van der Waals surface area contributed by atoms with Crippen molar-refractivity contribution in [3.63, 3.8) is 0 Å². The van der Waals surface area contributed by atoms with Crippen molar-refractivity contribution >= 4 is 34.2 Å². The first-order valence-corrected chi connectivity index (χ1v) is 9.54. The van der Waals surface area contributed by atoms with E-state index >= 15 is 0 Å². The van der Waals surface area contributed by atoms with Crippen LogP contribution in [-0.4, -0.2) is 36.7 Å². The molecule has 11 heteroatoms. The van der Waals surface area contributed by atoms with Gasteiger partial charge in [-0.25, -0.2) is 0 Å². The van der Waals surface area contributed by atoms with E-state index in [0.29, 0.717) is 0 Å². The Balaban J connectivity index is 0.00000324. The average molecular weight is 473 g/mol. The third-order valence-electron chi connectivity index (χ3n) is 4.60. The molecule has 34 heavy (non-hydrogen) atoms. The largest absolute Gasteiger partial charge is 1.00 e. The first-order valence-electron chi connectivity index (χ1n) is 9.54. The summed E-state index contributed by atoms with van der Waals surface area (Å²) in [5.41, 5.74) is -1.04. The van der Waals surface area contributed by atoms with Gasteiger partial charge in [0.25, 0.3) is 0 Å². The molecule has 0 aliphatic rings. The maximum absolute atomic E-state index is 12.3. The van der Waals surface area contributed by atoms with Gasteiger partial charge < -0.3 is 42.9 Å². The van der Waals surface area contributed by atoms with Crippen molar-refractivity contribution < 1.29 is 67.7 Å². The fourth-order valence-electron chi connectivity index (χ4n) is 3.17. The summed E-state index contributed by atoms with van der Waals surface area (Å²) in [7, 11) is 0. The third kappa shape index (κ3) is 5.20. The van der Waals surface area contributed by atoms with Gasteiger partial charge in [0.05, 0.1) is 5.39 Å². The molecular weight excluding hydrogens is 459 g/mol. The molecule has 2 heterocycles. The molecular formula is C23H14NaO10-. The minimum absolute atomic E-state index is 0. The SMILES string of the molecule is O=[C-]c1cc(=O)c2c(OCC(O)COc3cccc4oc(C(=O)[O-])cc(=O)c34)cccc2o1.[Na+]. The van der Waals surface area contributed by atoms with Crippen molar-refractivity contribution in [3.05, 3.63) is 80.5 Å². The minimum atomic E-state index is -1.63. The number of carboxylic acids is 1. The van der Waals surface area contributed by atoms with E-state index in [0.717, 1.165) is 12.1 Å². The second kappa shape index (κ2) is 10.7. The molecule has 0 saturated heterocycles. The number of benzene rings is 2. The van der Waals surface area contributed by atoms with E-state index in [2.05, 4.69) is 0 Å². The maximum atomic E-state index is 12.3. The Labute approximate surface area is 212 Å². The van der Waals surface area contributed by atoms with Crippen LogP contribution in [0.3, 0.4) is 0 Å². The number of rotatable bonds is 8. The summed E-state index contributed by atoms with van der Waals surface area (Å²) in [6, 6.07) is 10.7. The van der Waals surface area contributed by atoms with Gasteiger partial charge in [-0.15, -0.1) is 6.07 Å². The molecule has 2 aromatic carbocycles. The van der Waals surface area contributed by atoms with Crippen molar-refractivity contribution in [1.82, 2.24) is 0 Å². The van der Waals surface area contributed by atoms with Crippen LogP contribution >= 0.6 is 0 Å². The van der Waals surface area contributed by atoms with Crippen LogP contribution in [0.25, 0.3) is 21.9 Å². The number of fused-ring (bicyclic) bond motifs is 2. The summed E-state index contributed by atoms with van der Waals surface area (Å²) in [4.78, 5) is 46.3. The Kier molecular flexibility index (Phi) is 7.90. The summed E-state index contributed by atoms with van der Waals surface area (Å²) in [5, 5.41) is 21.3. The minimum Gasteiger partial charge on any atom is -0.542 e. The first kappa shape index (κ1) is 25.2. The number of aliphatic hydroxyl groups is 1. The van der Waals surface area contributed by atoms with Gasteiger partial charge in [0.1, 0.15) is 58.8 Å². The topological polar surface area (TPSA) is 156 Å². The van der Waals surface area contributed by atoms with Crippen LogP contribution in [0.15, 0.2) is 67.0 Å². The molecule has 0 saturated carbocycles. The van der Waals surface area contributed by atoms with Gasteiger partial charge in [0, 0.05) is 18.1 Å².